The fraction of sp³-hybridized carbons (Fsp3) is 0.714. The van der Waals surface area contributed by atoms with Crippen LogP contribution in [0.2, 0.25) is 0 Å². The zero-order valence-electron chi connectivity index (χ0n) is 5.96. The Kier molecular flexibility index (Phi) is 4.36. The summed E-state index contributed by atoms with van der Waals surface area (Å²) in [6.45, 7) is 3.77. The normalized spacial score (nSPS) is 15.8. The van der Waals surface area contributed by atoms with Gasteiger partial charge in [0, 0.05) is 13.0 Å². The van der Waals surface area contributed by atoms with Crippen LogP contribution in [0.4, 0.5) is 0 Å². The first-order valence-electron chi connectivity index (χ1n) is 3.14. The topological polar surface area (TPSA) is 40.5 Å². The van der Waals surface area contributed by atoms with Gasteiger partial charge < -0.3 is 10.2 Å². The third-order valence-electron chi connectivity index (χ3n) is 1.38. The maximum atomic E-state index is 9.09. The molecule has 0 saturated carbocycles. The molecule has 0 fully saturated rings. The quantitative estimate of drug-likeness (QED) is 0.552. The van der Waals surface area contributed by atoms with Crippen molar-refractivity contribution < 1.29 is 10.2 Å². The minimum Gasteiger partial charge on any atom is -0.396 e. The first-order chi connectivity index (χ1) is 4.22. The summed E-state index contributed by atoms with van der Waals surface area (Å²) in [7, 11) is 0. The van der Waals surface area contributed by atoms with E-state index >= 15 is 0 Å². The van der Waals surface area contributed by atoms with E-state index in [1.807, 2.05) is 19.9 Å². The third kappa shape index (κ3) is 3.27. The molecule has 0 radical (unpaired) electrons. The van der Waals surface area contributed by atoms with Gasteiger partial charge in [-0.05, 0) is 19.4 Å². The van der Waals surface area contributed by atoms with Gasteiger partial charge in [-0.2, -0.15) is 0 Å². The first-order valence-corrected chi connectivity index (χ1v) is 3.14. The SMILES string of the molecule is CC=C(C)C(O)CCO. The Balaban J connectivity index is 3.59. The van der Waals surface area contributed by atoms with Crippen molar-refractivity contribution in [2.75, 3.05) is 6.61 Å². The Hall–Kier alpha value is -0.340. The molecule has 0 aliphatic rings. The standard InChI is InChI=1S/C7H14O2/c1-3-6(2)7(9)4-5-8/h3,7-9H,4-5H2,1-2H3. The average molecular weight is 130 g/mol. The molecule has 0 bridgehead atoms. The molecular formula is C7H14O2. The summed E-state index contributed by atoms with van der Waals surface area (Å²) < 4.78 is 0. The van der Waals surface area contributed by atoms with Crippen molar-refractivity contribution in [3.8, 4) is 0 Å². The second-order valence-corrected chi connectivity index (χ2v) is 2.06. The van der Waals surface area contributed by atoms with Gasteiger partial charge in [0.2, 0.25) is 0 Å². The molecule has 1 atom stereocenters. The van der Waals surface area contributed by atoms with Gasteiger partial charge in [-0.25, -0.2) is 0 Å². The molecule has 0 spiro atoms. The first kappa shape index (κ1) is 8.66. The number of rotatable bonds is 3. The van der Waals surface area contributed by atoms with E-state index in [1.165, 1.54) is 0 Å². The van der Waals surface area contributed by atoms with Crippen molar-refractivity contribution in [3.05, 3.63) is 11.6 Å². The van der Waals surface area contributed by atoms with E-state index in [2.05, 4.69) is 0 Å². The molecule has 0 heterocycles. The van der Waals surface area contributed by atoms with Crippen LogP contribution in [0.3, 0.4) is 0 Å². The molecule has 0 aliphatic carbocycles. The lowest BCUT2D eigenvalue weighted by molar-refractivity contribution is 0.161. The van der Waals surface area contributed by atoms with Crippen LogP contribution in [-0.4, -0.2) is 22.9 Å². The highest BCUT2D eigenvalue weighted by Crippen LogP contribution is 2.03. The van der Waals surface area contributed by atoms with E-state index in [0.29, 0.717) is 6.42 Å². The highest BCUT2D eigenvalue weighted by molar-refractivity contribution is 5.02. The van der Waals surface area contributed by atoms with E-state index < -0.39 is 6.10 Å². The molecule has 54 valence electrons. The fourth-order valence-corrected chi connectivity index (χ4v) is 0.542. The minimum atomic E-state index is -0.458. The lowest BCUT2D eigenvalue weighted by Crippen LogP contribution is -2.09. The molecule has 0 rings (SSSR count). The van der Waals surface area contributed by atoms with Crippen molar-refractivity contribution in [2.45, 2.75) is 26.4 Å². The van der Waals surface area contributed by atoms with Gasteiger partial charge in [0.05, 0.1) is 6.10 Å². The van der Waals surface area contributed by atoms with Crippen molar-refractivity contribution in [1.82, 2.24) is 0 Å². The van der Waals surface area contributed by atoms with Crippen LogP contribution in [0.25, 0.3) is 0 Å². The van der Waals surface area contributed by atoms with Gasteiger partial charge in [0.1, 0.15) is 0 Å². The average Bonchev–Trinajstić information content (AvgIpc) is 1.87. The van der Waals surface area contributed by atoms with Crippen LogP contribution >= 0.6 is 0 Å². The summed E-state index contributed by atoms with van der Waals surface area (Å²) in [5.41, 5.74) is 0.920. The molecule has 0 aromatic heterocycles. The van der Waals surface area contributed by atoms with E-state index in [1.54, 1.807) is 0 Å². The predicted octanol–water partition coefficient (Wildman–Crippen LogP) is 0.696. The Labute approximate surface area is 55.8 Å². The monoisotopic (exact) mass is 130 g/mol. The third-order valence-corrected chi connectivity index (χ3v) is 1.38. The van der Waals surface area contributed by atoms with Crippen LogP contribution in [0.15, 0.2) is 11.6 Å². The fourth-order valence-electron chi connectivity index (χ4n) is 0.542. The molecule has 2 heteroatoms. The summed E-state index contributed by atoms with van der Waals surface area (Å²) in [5, 5.41) is 17.5. The number of allylic oxidation sites excluding steroid dienone is 1. The number of hydrogen-bond donors (Lipinski definition) is 2. The highest BCUT2D eigenvalue weighted by Gasteiger charge is 2.02. The molecule has 0 saturated heterocycles. The summed E-state index contributed by atoms with van der Waals surface area (Å²) in [4.78, 5) is 0. The van der Waals surface area contributed by atoms with Gasteiger partial charge >= 0.3 is 0 Å². The molecule has 2 N–H and O–H groups in total. The van der Waals surface area contributed by atoms with Crippen LogP contribution < -0.4 is 0 Å². The van der Waals surface area contributed by atoms with Gasteiger partial charge in [-0.1, -0.05) is 6.08 Å². The van der Waals surface area contributed by atoms with Crippen molar-refractivity contribution in [2.24, 2.45) is 0 Å². The van der Waals surface area contributed by atoms with Crippen LogP contribution in [0.1, 0.15) is 20.3 Å². The van der Waals surface area contributed by atoms with Gasteiger partial charge in [0.25, 0.3) is 0 Å². The molecule has 9 heavy (non-hydrogen) atoms. The summed E-state index contributed by atoms with van der Waals surface area (Å²) in [6, 6.07) is 0. The molecule has 0 aliphatic heterocycles. The van der Waals surface area contributed by atoms with Gasteiger partial charge in [0.15, 0.2) is 0 Å². The number of hydrogen-bond acceptors (Lipinski definition) is 2. The van der Waals surface area contributed by atoms with E-state index in [0.717, 1.165) is 5.57 Å². The molecule has 2 nitrogen and oxygen atoms in total. The Morgan fingerprint density at radius 2 is 2.22 bits per heavy atom. The molecule has 0 amide bonds. The van der Waals surface area contributed by atoms with Crippen molar-refractivity contribution in [1.29, 1.82) is 0 Å². The minimum absolute atomic E-state index is 0.0480. The van der Waals surface area contributed by atoms with Crippen LogP contribution in [0, 0.1) is 0 Å². The smallest absolute Gasteiger partial charge is 0.0769 e. The highest BCUT2D eigenvalue weighted by atomic mass is 16.3. The Morgan fingerprint density at radius 3 is 2.56 bits per heavy atom. The zero-order chi connectivity index (χ0) is 7.28. The van der Waals surface area contributed by atoms with Gasteiger partial charge in [-0.3, -0.25) is 0 Å². The summed E-state index contributed by atoms with van der Waals surface area (Å²) in [6.07, 6.45) is 1.83. The van der Waals surface area contributed by atoms with E-state index in [4.69, 9.17) is 10.2 Å². The molecule has 0 aromatic rings. The van der Waals surface area contributed by atoms with E-state index in [-0.39, 0.29) is 6.61 Å². The molecule has 0 aromatic carbocycles. The number of aliphatic hydroxyl groups is 2. The Morgan fingerprint density at radius 1 is 1.67 bits per heavy atom. The molecule has 1 unspecified atom stereocenters. The second-order valence-electron chi connectivity index (χ2n) is 2.06. The summed E-state index contributed by atoms with van der Waals surface area (Å²) in [5.74, 6) is 0. The van der Waals surface area contributed by atoms with Crippen molar-refractivity contribution >= 4 is 0 Å². The second kappa shape index (κ2) is 4.53. The van der Waals surface area contributed by atoms with Crippen molar-refractivity contribution in [3.63, 3.8) is 0 Å². The maximum Gasteiger partial charge on any atom is 0.0769 e. The largest absolute Gasteiger partial charge is 0.396 e. The van der Waals surface area contributed by atoms with Crippen LogP contribution in [-0.2, 0) is 0 Å². The Bertz CT molecular complexity index is 97.1. The van der Waals surface area contributed by atoms with E-state index in [9.17, 15) is 0 Å². The zero-order valence-corrected chi connectivity index (χ0v) is 5.96. The summed E-state index contributed by atoms with van der Waals surface area (Å²) >= 11 is 0. The van der Waals surface area contributed by atoms with Gasteiger partial charge in [-0.15, -0.1) is 0 Å². The van der Waals surface area contributed by atoms with Crippen LogP contribution in [0.5, 0.6) is 0 Å². The number of aliphatic hydroxyl groups excluding tert-OH is 2. The lowest BCUT2D eigenvalue weighted by atomic mass is 10.1. The lowest BCUT2D eigenvalue weighted by Gasteiger charge is -2.07. The maximum absolute atomic E-state index is 9.09. The predicted molar refractivity (Wildman–Crippen MR) is 37.1 cm³/mol. The molecular weight excluding hydrogens is 116 g/mol.